The monoisotopic (exact) mass is 259 g/mol. The van der Waals surface area contributed by atoms with Crippen LogP contribution in [0, 0.1) is 0 Å². The molecule has 2 rings (SSSR count). The Labute approximate surface area is 102 Å². The van der Waals surface area contributed by atoms with Gasteiger partial charge < -0.3 is 20.1 Å². The van der Waals surface area contributed by atoms with Crippen molar-refractivity contribution in [3.8, 4) is 0 Å². The van der Waals surface area contributed by atoms with Crippen LogP contribution in [0.4, 0.5) is 0 Å². The largest absolute Gasteiger partial charge is 0.394 e. The summed E-state index contributed by atoms with van der Waals surface area (Å²) < 4.78 is 13.2. The Bertz CT molecular complexity index is 580. The van der Waals surface area contributed by atoms with Crippen LogP contribution in [0.1, 0.15) is 14.5 Å². The third-order valence-corrected chi connectivity index (χ3v) is 2.95. The summed E-state index contributed by atoms with van der Waals surface area (Å²) in [6.45, 7) is -0.563. The van der Waals surface area contributed by atoms with Crippen molar-refractivity contribution in [3.05, 3.63) is 33.1 Å². The van der Waals surface area contributed by atoms with Crippen LogP contribution in [-0.2, 0) is 4.74 Å². The van der Waals surface area contributed by atoms with Gasteiger partial charge in [0, 0.05) is 12.3 Å². The molecule has 1 unspecified atom stereocenters. The van der Waals surface area contributed by atoms with Gasteiger partial charge in [-0.3, -0.25) is 14.3 Å². The Morgan fingerprint density at radius 3 is 2.83 bits per heavy atom. The van der Waals surface area contributed by atoms with Crippen molar-refractivity contribution < 1.29 is 21.4 Å². The van der Waals surface area contributed by atoms with Gasteiger partial charge in [-0.1, -0.05) is 0 Å². The number of aliphatic hydroxyl groups is 3. The number of hydrogen-bond acceptors (Lipinski definition) is 6. The second-order valence-corrected chi connectivity index (χ2v) is 4.29. The Morgan fingerprint density at radius 2 is 2.33 bits per heavy atom. The average molecular weight is 259 g/mol. The highest BCUT2D eigenvalue weighted by molar-refractivity contribution is 5.00. The molecular weight excluding hydrogens is 244 g/mol. The number of nitrogens with one attached hydrogen (secondary N) is 1. The first-order valence-electron chi connectivity index (χ1n) is 5.80. The molecule has 4 N–H and O–H groups in total. The van der Waals surface area contributed by atoms with Crippen molar-refractivity contribution in [2.45, 2.75) is 31.0 Å². The number of rotatable bonds is 2. The topological polar surface area (TPSA) is 125 Å². The van der Waals surface area contributed by atoms with Crippen LogP contribution in [0.3, 0.4) is 0 Å². The van der Waals surface area contributed by atoms with Crippen molar-refractivity contribution in [1.29, 1.82) is 0 Å². The molecule has 0 saturated carbocycles. The summed E-state index contributed by atoms with van der Waals surface area (Å²) in [6.07, 6.45) is -3.13. The van der Waals surface area contributed by atoms with Crippen molar-refractivity contribution in [3.63, 3.8) is 0 Å². The molecule has 100 valence electrons. The fraction of sp³-hybridized carbons (Fsp3) is 0.600. The predicted octanol–water partition coefficient (Wildman–Crippen LogP) is -2.46. The predicted molar refractivity (Wildman–Crippen MR) is 58.9 cm³/mol. The van der Waals surface area contributed by atoms with Crippen molar-refractivity contribution in [2.75, 3.05) is 6.58 Å². The second-order valence-electron chi connectivity index (χ2n) is 4.29. The van der Waals surface area contributed by atoms with Gasteiger partial charge in [-0.2, -0.15) is 0 Å². The summed E-state index contributed by atoms with van der Waals surface area (Å²) in [5, 5.41) is 29.1. The first-order valence-corrected chi connectivity index (χ1v) is 5.23. The van der Waals surface area contributed by atoms with Crippen LogP contribution in [0.2, 0.25) is 0 Å². The lowest BCUT2D eigenvalue weighted by Gasteiger charge is -2.27. The zero-order chi connectivity index (χ0) is 14.4. The molecular formula is C10H14N2O6. The van der Waals surface area contributed by atoms with E-state index in [4.69, 9.17) is 11.2 Å². The van der Waals surface area contributed by atoms with Gasteiger partial charge >= 0.3 is 5.69 Å². The van der Waals surface area contributed by atoms with Crippen LogP contribution in [0.5, 0.6) is 0 Å². The molecule has 0 bridgehead atoms. The smallest absolute Gasteiger partial charge is 0.330 e. The summed E-state index contributed by atoms with van der Waals surface area (Å²) in [7, 11) is 0. The molecule has 0 amide bonds. The van der Waals surface area contributed by atoms with Crippen molar-refractivity contribution >= 4 is 0 Å². The number of hydrogen-bond donors (Lipinski definition) is 4. The van der Waals surface area contributed by atoms with Crippen LogP contribution >= 0.6 is 0 Å². The fourth-order valence-electron chi connectivity index (χ4n) is 1.92. The van der Waals surface area contributed by atoms with E-state index < -0.39 is 41.9 Å². The highest BCUT2D eigenvalue weighted by Crippen LogP contribution is 2.36. The lowest BCUT2D eigenvalue weighted by Crippen LogP contribution is -2.46. The summed E-state index contributed by atoms with van der Waals surface area (Å²) in [5.74, 6) is 0. The molecule has 18 heavy (non-hydrogen) atoms. The number of aliphatic hydroxyl groups excluding tert-OH is 2. The number of ether oxygens (including phenoxy) is 1. The van der Waals surface area contributed by atoms with E-state index >= 15 is 0 Å². The molecule has 2 heterocycles. The molecule has 8 heteroatoms. The molecule has 1 aromatic heterocycles. The summed E-state index contributed by atoms with van der Waals surface area (Å²) in [6, 6.07) is 1.05. The van der Waals surface area contributed by atoms with E-state index in [1.165, 1.54) is 6.92 Å². The zero-order valence-corrected chi connectivity index (χ0v) is 9.48. The van der Waals surface area contributed by atoms with Gasteiger partial charge in [0.05, 0.1) is 7.95 Å². The van der Waals surface area contributed by atoms with Crippen LogP contribution in [0.25, 0.3) is 0 Å². The van der Waals surface area contributed by atoms with Gasteiger partial charge in [0.15, 0.2) is 6.23 Å². The molecule has 1 aliphatic rings. The summed E-state index contributed by atoms with van der Waals surface area (Å²) >= 11 is 0. The standard InChI is InChI=1S/C10H14N2O6/c1-10(17)7(15)5(4-13)18-8(10)12-3-2-6(14)11-9(12)16/h2-3,5,7-8,13,15,17H,4H2,1H3,(H,11,14,16)/t5-,7-,8-,10-/m1/s1/i4D/t4?,5-,7-,8-,10-. The number of nitrogens with zero attached hydrogens (tertiary/aromatic N) is 1. The van der Waals surface area contributed by atoms with Gasteiger partial charge in [-0.05, 0) is 6.92 Å². The average Bonchev–Trinajstić information content (AvgIpc) is 2.52. The van der Waals surface area contributed by atoms with Gasteiger partial charge in [0.2, 0.25) is 0 Å². The van der Waals surface area contributed by atoms with E-state index in [0.717, 1.165) is 16.8 Å². The molecule has 1 aliphatic heterocycles. The highest BCUT2D eigenvalue weighted by Gasteiger charge is 2.53. The number of aromatic amines is 1. The Morgan fingerprint density at radius 1 is 1.67 bits per heavy atom. The second kappa shape index (κ2) is 4.32. The molecule has 0 aliphatic carbocycles. The van der Waals surface area contributed by atoms with E-state index in [-0.39, 0.29) is 0 Å². The van der Waals surface area contributed by atoms with Gasteiger partial charge in [0.25, 0.3) is 5.56 Å². The third-order valence-electron chi connectivity index (χ3n) is 2.95. The number of aromatic nitrogens is 2. The van der Waals surface area contributed by atoms with E-state index in [9.17, 15) is 19.8 Å². The normalized spacial score (nSPS) is 38.4. The maximum atomic E-state index is 11.6. The lowest BCUT2D eigenvalue weighted by molar-refractivity contribution is -0.0987. The first-order chi connectivity index (χ1) is 8.75. The van der Waals surface area contributed by atoms with E-state index in [1.54, 1.807) is 0 Å². The van der Waals surface area contributed by atoms with Crippen molar-refractivity contribution in [1.82, 2.24) is 9.55 Å². The van der Waals surface area contributed by atoms with Crippen LogP contribution in [-0.4, -0.2) is 49.3 Å². The third kappa shape index (κ3) is 1.89. The number of H-pyrrole nitrogens is 1. The minimum absolute atomic E-state index is 0.614. The first kappa shape index (κ1) is 11.6. The molecule has 1 saturated heterocycles. The van der Waals surface area contributed by atoms with Crippen molar-refractivity contribution in [2.24, 2.45) is 0 Å². The van der Waals surface area contributed by atoms with E-state index in [0.29, 0.717) is 0 Å². The van der Waals surface area contributed by atoms with Gasteiger partial charge in [-0.25, -0.2) is 4.79 Å². The minimum atomic E-state index is -1.89. The Kier molecular flexibility index (Phi) is 2.78. The quantitative estimate of drug-likeness (QED) is 0.467. The lowest BCUT2D eigenvalue weighted by atomic mass is 9.96. The van der Waals surface area contributed by atoms with E-state index in [1.807, 2.05) is 4.98 Å². The molecule has 0 radical (unpaired) electrons. The maximum Gasteiger partial charge on any atom is 0.330 e. The minimum Gasteiger partial charge on any atom is -0.394 e. The van der Waals surface area contributed by atoms with E-state index in [2.05, 4.69) is 0 Å². The summed E-state index contributed by atoms with van der Waals surface area (Å²) in [5.41, 5.74) is -3.34. The molecule has 1 fully saturated rings. The Hall–Kier alpha value is -1.48. The van der Waals surface area contributed by atoms with Gasteiger partial charge in [-0.15, -0.1) is 0 Å². The van der Waals surface area contributed by atoms with Gasteiger partial charge in [0.1, 0.15) is 17.8 Å². The highest BCUT2D eigenvalue weighted by atomic mass is 16.6. The Balaban J connectivity index is 2.45. The molecule has 8 nitrogen and oxygen atoms in total. The maximum absolute atomic E-state index is 11.6. The van der Waals surface area contributed by atoms with Crippen LogP contribution < -0.4 is 11.2 Å². The SMILES string of the molecule is [2H]C(O)[C@H]1O[C@@H](n2ccc(=O)[nH]c2=O)[C@](C)(O)[C@@H]1O. The van der Waals surface area contributed by atoms with Crippen LogP contribution in [0.15, 0.2) is 21.9 Å². The summed E-state index contributed by atoms with van der Waals surface area (Å²) in [4.78, 5) is 24.6. The molecule has 0 aromatic carbocycles. The molecule has 1 aromatic rings. The zero-order valence-electron chi connectivity index (χ0n) is 10.5. The molecule has 0 spiro atoms. The fourth-order valence-corrected chi connectivity index (χ4v) is 1.92. The molecule has 5 atom stereocenters.